The molecule has 1 aliphatic rings. The van der Waals surface area contributed by atoms with Gasteiger partial charge in [0.15, 0.2) is 0 Å². The van der Waals surface area contributed by atoms with Crippen LogP contribution in [0.3, 0.4) is 0 Å². The largest absolute Gasteiger partial charge is 0.497 e. The number of methoxy groups -OCH3 is 2. The maximum atomic E-state index is 13.6. The van der Waals surface area contributed by atoms with Gasteiger partial charge in [0, 0.05) is 12.6 Å². The van der Waals surface area contributed by atoms with Crippen LogP contribution in [0.5, 0.6) is 11.5 Å². The molecule has 0 fully saturated rings. The Labute approximate surface area is 214 Å². The lowest BCUT2D eigenvalue weighted by atomic mass is 10.1. The maximum absolute atomic E-state index is 13.6. The van der Waals surface area contributed by atoms with Crippen molar-refractivity contribution in [1.29, 1.82) is 0 Å². The normalized spacial score (nSPS) is 13.1. The third-order valence-corrected chi connectivity index (χ3v) is 6.20. The van der Waals surface area contributed by atoms with Crippen LogP contribution in [0.25, 0.3) is 0 Å². The third kappa shape index (κ3) is 5.30. The first-order valence-electron chi connectivity index (χ1n) is 11.7. The van der Waals surface area contributed by atoms with Gasteiger partial charge in [0.2, 0.25) is 11.8 Å². The number of Topliss-reactive ketones (excluding diaryl/α,β-unsaturated/α-hetero) is 1. The Balaban J connectivity index is 1.59. The standard InChI is InChI=1S/C28H27N3O6/c1-18(27(34)29-22-14-13-20(36-2)15-24(22)37-3)30(16-19-9-5-4-6-10-19)25(32)17-31-23-12-8-7-11-21(23)26(33)28(31)35/h4-15,18H,16-17H2,1-3H3,(H,29,34). The lowest BCUT2D eigenvalue weighted by Crippen LogP contribution is -2.49. The highest BCUT2D eigenvalue weighted by molar-refractivity contribution is 6.52. The molecular weight excluding hydrogens is 474 g/mol. The van der Waals surface area contributed by atoms with Crippen molar-refractivity contribution in [3.63, 3.8) is 0 Å². The van der Waals surface area contributed by atoms with Crippen molar-refractivity contribution >= 4 is 34.9 Å². The van der Waals surface area contributed by atoms with Crippen LogP contribution in [-0.4, -0.2) is 55.2 Å². The molecule has 190 valence electrons. The van der Waals surface area contributed by atoms with Gasteiger partial charge in [-0.2, -0.15) is 0 Å². The molecule has 1 unspecified atom stereocenters. The van der Waals surface area contributed by atoms with Gasteiger partial charge in [-0.05, 0) is 36.8 Å². The van der Waals surface area contributed by atoms with Crippen LogP contribution < -0.4 is 19.7 Å². The van der Waals surface area contributed by atoms with Crippen LogP contribution in [0.2, 0.25) is 0 Å². The Morgan fingerprint density at radius 1 is 0.946 bits per heavy atom. The summed E-state index contributed by atoms with van der Waals surface area (Å²) in [7, 11) is 3.00. The summed E-state index contributed by atoms with van der Waals surface area (Å²) >= 11 is 0. The first kappa shape index (κ1) is 25.4. The van der Waals surface area contributed by atoms with E-state index in [1.807, 2.05) is 30.3 Å². The van der Waals surface area contributed by atoms with Gasteiger partial charge < -0.3 is 19.7 Å². The van der Waals surface area contributed by atoms with Crippen molar-refractivity contribution in [3.8, 4) is 11.5 Å². The molecule has 0 bridgehead atoms. The van der Waals surface area contributed by atoms with Gasteiger partial charge in [-0.3, -0.25) is 24.1 Å². The molecule has 1 N–H and O–H groups in total. The molecular formula is C28H27N3O6. The number of nitrogens with one attached hydrogen (secondary N) is 1. The van der Waals surface area contributed by atoms with Crippen molar-refractivity contribution < 1.29 is 28.7 Å². The number of fused-ring (bicyclic) bond motifs is 1. The SMILES string of the molecule is COc1ccc(NC(=O)C(C)N(Cc2ccccc2)C(=O)CN2C(=O)C(=O)c3ccccc32)c(OC)c1. The Morgan fingerprint density at radius 3 is 2.35 bits per heavy atom. The van der Waals surface area contributed by atoms with Crippen LogP contribution in [-0.2, 0) is 20.9 Å². The topological polar surface area (TPSA) is 105 Å². The fourth-order valence-corrected chi connectivity index (χ4v) is 4.13. The molecule has 0 aromatic heterocycles. The highest BCUT2D eigenvalue weighted by Gasteiger charge is 2.38. The van der Waals surface area contributed by atoms with E-state index in [4.69, 9.17) is 9.47 Å². The Bertz CT molecular complexity index is 1340. The monoisotopic (exact) mass is 501 g/mol. The summed E-state index contributed by atoms with van der Waals surface area (Å²) in [6.45, 7) is 1.36. The summed E-state index contributed by atoms with van der Waals surface area (Å²) in [6, 6.07) is 19.8. The van der Waals surface area contributed by atoms with E-state index in [9.17, 15) is 19.2 Å². The minimum atomic E-state index is -0.914. The molecule has 1 heterocycles. The molecule has 0 aliphatic carbocycles. The highest BCUT2D eigenvalue weighted by atomic mass is 16.5. The molecule has 0 saturated carbocycles. The second-order valence-electron chi connectivity index (χ2n) is 8.48. The van der Waals surface area contributed by atoms with E-state index >= 15 is 0 Å². The molecule has 4 rings (SSSR count). The number of carbonyl (C=O) groups excluding carboxylic acids is 4. The number of amides is 3. The van der Waals surface area contributed by atoms with Gasteiger partial charge in [0.1, 0.15) is 24.1 Å². The molecule has 3 amide bonds. The van der Waals surface area contributed by atoms with Crippen molar-refractivity contribution in [2.24, 2.45) is 0 Å². The molecule has 1 aliphatic heterocycles. The second-order valence-corrected chi connectivity index (χ2v) is 8.48. The van der Waals surface area contributed by atoms with E-state index in [1.54, 1.807) is 49.4 Å². The zero-order chi connectivity index (χ0) is 26.5. The van der Waals surface area contributed by atoms with Gasteiger partial charge in [-0.15, -0.1) is 0 Å². The van der Waals surface area contributed by atoms with E-state index in [2.05, 4.69) is 5.32 Å². The van der Waals surface area contributed by atoms with Crippen LogP contribution in [0, 0.1) is 0 Å². The summed E-state index contributed by atoms with van der Waals surface area (Å²) < 4.78 is 10.6. The van der Waals surface area contributed by atoms with E-state index in [1.165, 1.54) is 19.1 Å². The number of ketones is 1. The van der Waals surface area contributed by atoms with Crippen molar-refractivity contribution in [2.75, 3.05) is 31.0 Å². The maximum Gasteiger partial charge on any atom is 0.299 e. The summed E-state index contributed by atoms with van der Waals surface area (Å²) in [5, 5.41) is 2.81. The minimum Gasteiger partial charge on any atom is -0.497 e. The second kappa shape index (κ2) is 10.9. The van der Waals surface area contributed by atoms with Crippen LogP contribution >= 0.6 is 0 Å². The molecule has 1 atom stereocenters. The Kier molecular flexibility index (Phi) is 7.52. The van der Waals surface area contributed by atoms with Crippen molar-refractivity contribution in [3.05, 3.63) is 83.9 Å². The first-order valence-corrected chi connectivity index (χ1v) is 11.7. The van der Waals surface area contributed by atoms with Crippen LogP contribution in [0.15, 0.2) is 72.8 Å². The third-order valence-electron chi connectivity index (χ3n) is 6.20. The fourth-order valence-electron chi connectivity index (χ4n) is 4.13. The van der Waals surface area contributed by atoms with E-state index in [-0.39, 0.29) is 18.7 Å². The first-order chi connectivity index (χ1) is 17.8. The molecule has 9 nitrogen and oxygen atoms in total. The molecule has 0 radical (unpaired) electrons. The highest BCUT2D eigenvalue weighted by Crippen LogP contribution is 2.30. The lowest BCUT2D eigenvalue weighted by Gasteiger charge is -2.30. The molecule has 37 heavy (non-hydrogen) atoms. The Morgan fingerprint density at radius 2 is 1.65 bits per heavy atom. The smallest absolute Gasteiger partial charge is 0.299 e. The quantitative estimate of drug-likeness (QED) is 0.451. The number of benzene rings is 3. The van der Waals surface area contributed by atoms with Gasteiger partial charge >= 0.3 is 0 Å². The van der Waals surface area contributed by atoms with E-state index in [0.29, 0.717) is 22.9 Å². The molecule has 0 saturated heterocycles. The van der Waals surface area contributed by atoms with Gasteiger partial charge in [0.05, 0.1) is 31.2 Å². The molecule has 3 aromatic carbocycles. The number of para-hydroxylation sites is 1. The number of hydrogen-bond donors (Lipinski definition) is 1. The minimum absolute atomic E-state index is 0.131. The predicted octanol–water partition coefficient (Wildman–Crippen LogP) is 3.29. The number of ether oxygens (including phenoxy) is 2. The molecule has 0 spiro atoms. The summed E-state index contributed by atoms with van der Waals surface area (Å²) in [5.74, 6) is -1.39. The van der Waals surface area contributed by atoms with Crippen molar-refractivity contribution in [1.82, 2.24) is 4.90 Å². The fraction of sp³-hybridized carbons (Fsp3) is 0.214. The van der Waals surface area contributed by atoms with Gasteiger partial charge in [-0.25, -0.2) is 0 Å². The van der Waals surface area contributed by atoms with Gasteiger partial charge in [-0.1, -0.05) is 42.5 Å². The zero-order valence-corrected chi connectivity index (χ0v) is 20.8. The molecule has 9 heteroatoms. The number of carbonyl (C=O) groups is 4. The molecule has 3 aromatic rings. The average Bonchev–Trinajstić information content (AvgIpc) is 3.16. The zero-order valence-electron chi connectivity index (χ0n) is 20.8. The number of rotatable bonds is 9. The lowest BCUT2D eigenvalue weighted by molar-refractivity contribution is -0.138. The number of anilines is 2. The summed E-state index contributed by atoms with van der Waals surface area (Å²) in [6.07, 6.45) is 0. The average molecular weight is 502 g/mol. The van der Waals surface area contributed by atoms with E-state index < -0.39 is 29.5 Å². The van der Waals surface area contributed by atoms with Crippen LogP contribution in [0.4, 0.5) is 11.4 Å². The number of hydrogen-bond acceptors (Lipinski definition) is 6. The van der Waals surface area contributed by atoms with Gasteiger partial charge in [0.25, 0.3) is 11.7 Å². The summed E-state index contributed by atoms with van der Waals surface area (Å²) in [5.41, 5.74) is 1.86. The Hall–Kier alpha value is -4.66. The van der Waals surface area contributed by atoms with E-state index in [0.717, 1.165) is 10.5 Å². The van der Waals surface area contributed by atoms with Crippen molar-refractivity contribution in [2.45, 2.75) is 19.5 Å². The van der Waals surface area contributed by atoms with Crippen LogP contribution in [0.1, 0.15) is 22.8 Å². The summed E-state index contributed by atoms with van der Waals surface area (Å²) in [4.78, 5) is 54.5. The predicted molar refractivity (Wildman–Crippen MR) is 138 cm³/mol. The number of nitrogens with zero attached hydrogens (tertiary/aromatic N) is 2.